The zero-order valence-electron chi connectivity index (χ0n) is 12.8. The molecule has 0 aromatic heterocycles. The summed E-state index contributed by atoms with van der Waals surface area (Å²) in [6.07, 6.45) is 0.615. The number of rotatable bonds is 7. The van der Waals surface area contributed by atoms with Crippen LogP contribution in [0, 0.1) is 0 Å². The van der Waals surface area contributed by atoms with E-state index >= 15 is 0 Å². The molecule has 114 valence electrons. The predicted octanol–water partition coefficient (Wildman–Crippen LogP) is 2.69. The Labute approximate surface area is 122 Å². The first kappa shape index (κ1) is 17.0. The first-order valence-corrected chi connectivity index (χ1v) is 8.60. The van der Waals surface area contributed by atoms with Crippen LogP contribution in [0.5, 0.6) is 5.75 Å². The number of sulfonamides is 1. The molecule has 1 rings (SSSR count). The lowest BCUT2D eigenvalue weighted by Gasteiger charge is -2.19. The topological polar surface area (TPSA) is 55.4 Å². The van der Waals surface area contributed by atoms with Crippen molar-refractivity contribution in [1.29, 1.82) is 0 Å². The van der Waals surface area contributed by atoms with Crippen molar-refractivity contribution in [2.75, 3.05) is 18.9 Å². The van der Waals surface area contributed by atoms with E-state index in [1.807, 2.05) is 25.1 Å². The zero-order chi connectivity index (χ0) is 15.2. The van der Waals surface area contributed by atoms with Crippen molar-refractivity contribution in [3.63, 3.8) is 0 Å². The molecule has 4 nitrogen and oxygen atoms in total. The van der Waals surface area contributed by atoms with Gasteiger partial charge in [-0.25, -0.2) is 13.1 Å². The van der Waals surface area contributed by atoms with E-state index in [9.17, 15) is 8.42 Å². The summed E-state index contributed by atoms with van der Waals surface area (Å²) in [7, 11) is -3.15. The summed E-state index contributed by atoms with van der Waals surface area (Å²) in [6.45, 7) is 8.90. The summed E-state index contributed by atoms with van der Waals surface area (Å²) in [5.41, 5.74) is 1.27. The number of hydrogen-bond acceptors (Lipinski definition) is 3. The molecule has 0 saturated carbocycles. The molecular formula is C15H25NO3S. The van der Waals surface area contributed by atoms with Crippen LogP contribution in [0.25, 0.3) is 0 Å². The summed E-state index contributed by atoms with van der Waals surface area (Å²) < 4.78 is 31.0. The minimum absolute atomic E-state index is 0.0715. The van der Waals surface area contributed by atoms with Gasteiger partial charge in [0.15, 0.2) is 0 Å². The van der Waals surface area contributed by atoms with Gasteiger partial charge < -0.3 is 4.74 Å². The Morgan fingerprint density at radius 3 is 2.55 bits per heavy atom. The second-order valence-corrected chi connectivity index (χ2v) is 7.77. The van der Waals surface area contributed by atoms with Crippen molar-refractivity contribution in [1.82, 2.24) is 4.72 Å². The highest BCUT2D eigenvalue weighted by Crippen LogP contribution is 2.25. The second kappa shape index (κ2) is 7.09. The van der Waals surface area contributed by atoms with Crippen molar-refractivity contribution in [2.24, 2.45) is 0 Å². The zero-order valence-corrected chi connectivity index (χ0v) is 13.6. The van der Waals surface area contributed by atoms with E-state index in [2.05, 4.69) is 31.6 Å². The Hall–Kier alpha value is -1.07. The molecule has 0 bridgehead atoms. The lowest BCUT2D eigenvalue weighted by Crippen LogP contribution is -2.30. The summed E-state index contributed by atoms with van der Waals surface area (Å²) in [4.78, 5) is 0. The van der Waals surface area contributed by atoms with Gasteiger partial charge in [-0.1, -0.05) is 39.8 Å². The van der Waals surface area contributed by atoms with Crippen LogP contribution in [0.3, 0.4) is 0 Å². The maximum absolute atomic E-state index is 11.5. The van der Waals surface area contributed by atoms with E-state index < -0.39 is 10.0 Å². The van der Waals surface area contributed by atoms with Crippen LogP contribution in [-0.4, -0.2) is 27.3 Å². The Kier molecular flexibility index (Phi) is 6.02. The van der Waals surface area contributed by atoms with Gasteiger partial charge in [0, 0.05) is 6.54 Å². The van der Waals surface area contributed by atoms with Gasteiger partial charge in [0.2, 0.25) is 10.0 Å². The van der Waals surface area contributed by atoms with Crippen molar-refractivity contribution < 1.29 is 13.2 Å². The van der Waals surface area contributed by atoms with Crippen LogP contribution in [0.15, 0.2) is 24.3 Å². The molecule has 0 radical (unpaired) electrons. The van der Waals surface area contributed by atoms with Crippen LogP contribution < -0.4 is 9.46 Å². The summed E-state index contributed by atoms with van der Waals surface area (Å²) in [5.74, 6) is 0.930. The lowest BCUT2D eigenvalue weighted by molar-refractivity contribution is 0.322. The first-order valence-electron chi connectivity index (χ1n) is 6.95. The smallest absolute Gasteiger partial charge is 0.211 e. The molecule has 20 heavy (non-hydrogen) atoms. The van der Waals surface area contributed by atoms with E-state index in [1.54, 1.807) is 0 Å². The maximum atomic E-state index is 11.5. The van der Waals surface area contributed by atoms with Crippen LogP contribution in [0.1, 0.15) is 39.7 Å². The van der Waals surface area contributed by atoms with Crippen molar-refractivity contribution in [3.05, 3.63) is 29.8 Å². The minimum Gasteiger partial charge on any atom is -0.492 e. The number of hydrogen-bond donors (Lipinski definition) is 1. The molecule has 0 aliphatic carbocycles. The maximum Gasteiger partial charge on any atom is 0.211 e. The molecule has 0 aliphatic rings. The molecule has 0 spiro atoms. The summed E-state index contributed by atoms with van der Waals surface area (Å²) >= 11 is 0. The fourth-order valence-electron chi connectivity index (χ4n) is 1.76. The third-order valence-corrected chi connectivity index (χ3v) is 4.46. The largest absolute Gasteiger partial charge is 0.492 e. The Morgan fingerprint density at radius 2 is 1.95 bits per heavy atom. The fraction of sp³-hybridized carbons (Fsp3) is 0.600. The van der Waals surface area contributed by atoms with E-state index in [0.29, 0.717) is 19.6 Å². The predicted molar refractivity (Wildman–Crippen MR) is 82.7 cm³/mol. The van der Waals surface area contributed by atoms with Gasteiger partial charge in [-0.05, 0) is 29.5 Å². The van der Waals surface area contributed by atoms with Crippen molar-refractivity contribution in [2.45, 2.75) is 39.5 Å². The lowest BCUT2D eigenvalue weighted by atomic mass is 9.87. The van der Waals surface area contributed by atoms with Gasteiger partial charge in [-0.3, -0.25) is 0 Å². The highest BCUT2D eigenvalue weighted by molar-refractivity contribution is 7.89. The van der Waals surface area contributed by atoms with Gasteiger partial charge >= 0.3 is 0 Å². The molecule has 0 amide bonds. The molecule has 5 heteroatoms. The van der Waals surface area contributed by atoms with Crippen LogP contribution in [-0.2, 0) is 15.4 Å². The Balaban J connectivity index is 2.47. The first-order chi connectivity index (χ1) is 9.24. The van der Waals surface area contributed by atoms with Crippen molar-refractivity contribution >= 4 is 10.0 Å². The molecule has 1 aromatic rings. The van der Waals surface area contributed by atoms with Crippen LogP contribution in [0.2, 0.25) is 0 Å². The van der Waals surface area contributed by atoms with E-state index in [1.165, 1.54) is 5.56 Å². The molecule has 1 N–H and O–H groups in total. The molecule has 1 aromatic carbocycles. The summed E-state index contributed by atoms with van der Waals surface area (Å²) in [6, 6.07) is 7.91. The van der Waals surface area contributed by atoms with E-state index in [4.69, 9.17) is 4.74 Å². The highest BCUT2D eigenvalue weighted by atomic mass is 32.2. The molecular weight excluding hydrogens is 274 g/mol. The molecule has 0 atom stereocenters. The van der Waals surface area contributed by atoms with Crippen molar-refractivity contribution in [3.8, 4) is 5.75 Å². The van der Waals surface area contributed by atoms with Crippen LogP contribution in [0.4, 0.5) is 0 Å². The number of nitrogens with one attached hydrogen (secondary N) is 1. The standard InChI is InChI=1S/C15H25NO3S/c1-5-11-20(17,18)16-9-10-19-14-8-6-7-13(12-14)15(2,3)4/h6-8,12,16H,5,9-11H2,1-4H3. The van der Waals surface area contributed by atoms with Gasteiger partial charge in [0.1, 0.15) is 12.4 Å². The van der Waals surface area contributed by atoms with Gasteiger partial charge in [-0.2, -0.15) is 0 Å². The van der Waals surface area contributed by atoms with E-state index in [-0.39, 0.29) is 11.2 Å². The quantitative estimate of drug-likeness (QED) is 0.788. The number of benzene rings is 1. The fourth-order valence-corrected chi connectivity index (χ4v) is 2.84. The third kappa shape index (κ3) is 5.92. The monoisotopic (exact) mass is 299 g/mol. The third-order valence-electron chi connectivity index (χ3n) is 2.87. The van der Waals surface area contributed by atoms with Gasteiger partial charge in [0.25, 0.3) is 0 Å². The highest BCUT2D eigenvalue weighted by Gasteiger charge is 2.14. The van der Waals surface area contributed by atoms with Crippen LogP contribution >= 0.6 is 0 Å². The molecule has 0 unspecified atom stereocenters. The average molecular weight is 299 g/mol. The average Bonchev–Trinajstić information content (AvgIpc) is 2.34. The molecule has 0 heterocycles. The SMILES string of the molecule is CCCS(=O)(=O)NCCOc1cccc(C(C)(C)C)c1. The molecule has 0 fully saturated rings. The number of ether oxygens (including phenoxy) is 1. The second-order valence-electron chi connectivity index (χ2n) is 5.84. The van der Waals surface area contributed by atoms with Gasteiger partial charge in [0.05, 0.1) is 5.75 Å². The van der Waals surface area contributed by atoms with Gasteiger partial charge in [-0.15, -0.1) is 0 Å². The Bertz CT molecular complexity index is 518. The molecule has 0 saturated heterocycles. The minimum atomic E-state index is -3.15. The summed E-state index contributed by atoms with van der Waals surface area (Å²) in [5, 5.41) is 0. The van der Waals surface area contributed by atoms with E-state index in [0.717, 1.165) is 5.75 Å². The molecule has 0 aliphatic heterocycles. The normalized spacial score (nSPS) is 12.4. The Morgan fingerprint density at radius 1 is 1.25 bits per heavy atom.